The number of carbonyl (C=O) groups is 1. The number of hydrogen-bond donors (Lipinski definition) is 1. The van der Waals surface area contributed by atoms with Crippen LogP contribution in [0.1, 0.15) is 43.1 Å². The summed E-state index contributed by atoms with van der Waals surface area (Å²) in [5.74, 6) is -2.46. The van der Waals surface area contributed by atoms with Gasteiger partial charge in [0, 0.05) is 24.3 Å². The van der Waals surface area contributed by atoms with Gasteiger partial charge in [0.25, 0.3) is 5.91 Å². The fourth-order valence-electron chi connectivity index (χ4n) is 4.58. The summed E-state index contributed by atoms with van der Waals surface area (Å²) in [6.45, 7) is 6.50. The maximum atomic E-state index is 13.6. The average Bonchev–Trinajstić information content (AvgIpc) is 3.11. The molecule has 8 nitrogen and oxygen atoms in total. The molecule has 1 amide bonds. The summed E-state index contributed by atoms with van der Waals surface area (Å²) in [7, 11) is -4.30. The lowest BCUT2D eigenvalue weighted by Gasteiger charge is -2.33. The molecule has 0 aliphatic carbocycles. The summed E-state index contributed by atoms with van der Waals surface area (Å²) in [5.41, 5.74) is 5.45. The molecule has 1 aromatic carbocycles. The van der Waals surface area contributed by atoms with Crippen LogP contribution in [0.2, 0.25) is 0 Å². The molecule has 3 aromatic rings. The van der Waals surface area contributed by atoms with Crippen molar-refractivity contribution >= 4 is 21.6 Å². The van der Waals surface area contributed by atoms with E-state index in [4.69, 9.17) is 10.5 Å². The molecule has 1 aliphatic rings. The Balaban J connectivity index is 1.69. The Bertz CT molecular complexity index is 1430. The van der Waals surface area contributed by atoms with Gasteiger partial charge in [0.05, 0.1) is 4.90 Å². The third-order valence-electron chi connectivity index (χ3n) is 6.10. The van der Waals surface area contributed by atoms with Crippen LogP contribution >= 0.6 is 0 Å². The number of nitrogens with two attached hydrogens (primary N) is 1. The summed E-state index contributed by atoms with van der Waals surface area (Å²) in [5, 5.41) is -0.362. The Morgan fingerprint density at radius 2 is 1.94 bits per heavy atom. The number of sulfone groups is 1. The number of halogens is 2. The molecule has 0 spiro atoms. The Kier molecular flexibility index (Phi) is 6.70. The molecule has 0 radical (unpaired) electrons. The second-order valence-corrected chi connectivity index (χ2v) is 11.3. The summed E-state index contributed by atoms with van der Waals surface area (Å²) < 4.78 is 59.3. The molecule has 190 valence electrons. The highest BCUT2D eigenvalue weighted by molar-refractivity contribution is 7.91. The number of anilines is 1. The SMILES string of the molecule is CC1CN(c2nccc(S(=O)(=O)c3cccc(OCc4ccc(F)c(F)c4)n3)c2C(N)=O)C(C)(C)C1. The Hall–Kier alpha value is -3.60. The molecule has 0 bridgehead atoms. The Morgan fingerprint density at radius 3 is 2.58 bits per heavy atom. The number of carbonyl (C=O) groups excluding carboxylic acids is 1. The first kappa shape index (κ1) is 25.5. The van der Waals surface area contributed by atoms with Crippen molar-refractivity contribution < 1.29 is 26.7 Å². The molecule has 1 unspecified atom stereocenters. The van der Waals surface area contributed by atoms with Crippen molar-refractivity contribution in [2.75, 3.05) is 11.4 Å². The lowest BCUT2D eigenvalue weighted by Crippen LogP contribution is -2.40. The highest BCUT2D eigenvalue weighted by Gasteiger charge is 2.40. The number of pyridine rings is 2. The van der Waals surface area contributed by atoms with Gasteiger partial charge in [0.2, 0.25) is 15.7 Å². The number of nitrogens with zero attached hydrogens (tertiary/aromatic N) is 3. The van der Waals surface area contributed by atoms with Gasteiger partial charge >= 0.3 is 0 Å². The van der Waals surface area contributed by atoms with Crippen molar-refractivity contribution in [3.05, 3.63) is 71.4 Å². The van der Waals surface area contributed by atoms with Gasteiger partial charge in [-0.2, -0.15) is 0 Å². The first-order valence-electron chi connectivity index (χ1n) is 11.3. The van der Waals surface area contributed by atoms with Crippen molar-refractivity contribution in [2.24, 2.45) is 11.7 Å². The van der Waals surface area contributed by atoms with Crippen LogP contribution in [0.25, 0.3) is 0 Å². The Morgan fingerprint density at radius 1 is 1.19 bits per heavy atom. The number of hydrogen-bond acceptors (Lipinski definition) is 7. The second-order valence-electron chi connectivity index (χ2n) is 9.46. The van der Waals surface area contributed by atoms with Gasteiger partial charge in [-0.1, -0.05) is 19.1 Å². The van der Waals surface area contributed by atoms with Gasteiger partial charge in [-0.05, 0) is 56.0 Å². The quantitative estimate of drug-likeness (QED) is 0.507. The van der Waals surface area contributed by atoms with Crippen LogP contribution in [-0.4, -0.2) is 36.4 Å². The van der Waals surface area contributed by atoms with E-state index in [1.54, 1.807) is 0 Å². The van der Waals surface area contributed by atoms with E-state index in [1.165, 1.54) is 36.5 Å². The van der Waals surface area contributed by atoms with Crippen molar-refractivity contribution in [1.82, 2.24) is 9.97 Å². The van der Waals surface area contributed by atoms with Crippen molar-refractivity contribution in [1.29, 1.82) is 0 Å². The van der Waals surface area contributed by atoms with E-state index < -0.39 is 27.4 Å². The first-order chi connectivity index (χ1) is 16.9. The fraction of sp³-hybridized carbons (Fsp3) is 0.320. The molecule has 1 atom stereocenters. The van der Waals surface area contributed by atoms with Gasteiger partial charge in [0.1, 0.15) is 18.0 Å². The van der Waals surface area contributed by atoms with Crippen molar-refractivity contribution in [3.8, 4) is 5.88 Å². The van der Waals surface area contributed by atoms with Crippen LogP contribution in [-0.2, 0) is 16.4 Å². The van der Waals surface area contributed by atoms with Gasteiger partial charge in [0.15, 0.2) is 16.7 Å². The highest BCUT2D eigenvalue weighted by atomic mass is 32.2. The largest absolute Gasteiger partial charge is 0.473 e. The van der Waals surface area contributed by atoms with Crippen molar-refractivity contribution in [3.63, 3.8) is 0 Å². The van der Waals surface area contributed by atoms with Crippen LogP contribution in [0.15, 0.2) is 58.6 Å². The van der Waals surface area contributed by atoms with Crippen molar-refractivity contribution in [2.45, 2.75) is 49.3 Å². The van der Waals surface area contributed by atoms with E-state index >= 15 is 0 Å². The minimum Gasteiger partial charge on any atom is -0.473 e. The van der Waals surface area contributed by atoms with Gasteiger partial charge < -0.3 is 15.4 Å². The molecular weight excluding hydrogens is 490 g/mol. The molecule has 11 heteroatoms. The monoisotopic (exact) mass is 516 g/mol. The molecule has 3 heterocycles. The molecule has 36 heavy (non-hydrogen) atoms. The predicted octanol–water partition coefficient (Wildman–Crippen LogP) is 3.89. The zero-order valence-corrected chi connectivity index (χ0v) is 20.9. The lowest BCUT2D eigenvalue weighted by molar-refractivity contribution is 0.0997. The third-order valence-corrected chi connectivity index (χ3v) is 7.80. The minimum atomic E-state index is -4.30. The summed E-state index contributed by atoms with van der Waals surface area (Å²) in [6.07, 6.45) is 2.17. The number of amides is 1. The molecule has 2 N–H and O–H groups in total. The van der Waals surface area contributed by atoms with E-state index in [1.807, 2.05) is 18.7 Å². The molecule has 2 aromatic heterocycles. The van der Waals surface area contributed by atoms with Gasteiger partial charge in [-0.15, -0.1) is 0 Å². The van der Waals surface area contributed by atoms with Crippen LogP contribution in [0, 0.1) is 17.6 Å². The zero-order valence-electron chi connectivity index (χ0n) is 20.0. The molecule has 4 rings (SSSR count). The summed E-state index contributed by atoms with van der Waals surface area (Å²) in [4.78, 5) is 22.6. The lowest BCUT2D eigenvalue weighted by atomic mass is 9.97. The molecule has 1 aliphatic heterocycles. The van der Waals surface area contributed by atoms with Gasteiger partial charge in [-0.25, -0.2) is 27.2 Å². The molecule has 1 fully saturated rings. The molecular formula is C25H26F2N4O4S. The predicted molar refractivity (Wildman–Crippen MR) is 128 cm³/mol. The maximum absolute atomic E-state index is 13.6. The third kappa shape index (κ3) is 4.88. The number of benzene rings is 1. The average molecular weight is 517 g/mol. The number of primary amides is 1. The van der Waals surface area contributed by atoms with Crippen LogP contribution in [0.4, 0.5) is 14.6 Å². The van der Waals surface area contributed by atoms with E-state index in [-0.39, 0.29) is 39.3 Å². The molecule has 1 saturated heterocycles. The topological polar surface area (TPSA) is 115 Å². The fourth-order valence-corrected chi connectivity index (χ4v) is 5.97. The standard InChI is InChI=1S/C25H26F2N4O4S/c1-15-12-25(2,3)31(13-15)24-22(23(28)32)19(9-10-29-24)36(33,34)21-6-4-5-20(30-21)35-14-16-7-8-17(26)18(27)11-16/h4-11,15H,12-14H2,1-3H3,(H2,28,32). The minimum absolute atomic E-state index is 0.0507. The van der Waals surface area contributed by atoms with Crippen LogP contribution in [0.5, 0.6) is 5.88 Å². The Labute approximate surface area is 208 Å². The van der Waals surface area contributed by atoms with E-state index in [9.17, 15) is 22.0 Å². The smallest absolute Gasteiger partial charge is 0.253 e. The molecule has 0 saturated carbocycles. The second kappa shape index (κ2) is 9.45. The van der Waals surface area contributed by atoms with Crippen LogP contribution in [0.3, 0.4) is 0 Å². The zero-order chi connectivity index (χ0) is 26.3. The number of aromatic nitrogens is 2. The number of ether oxygens (including phenoxy) is 1. The van der Waals surface area contributed by atoms with E-state index in [2.05, 4.69) is 16.9 Å². The first-order valence-corrected chi connectivity index (χ1v) is 12.7. The van der Waals surface area contributed by atoms with E-state index in [0.29, 0.717) is 18.0 Å². The normalized spacial score (nSPS) is 17.2. The maximum Gasteiger partial charge on any atom is 0.253 e. The summed E-state index contributed by atoms with van der Waals surface area (Å²) >= 11 is 0. The van der Waals surface area contributed by atoms with Gasteiger partial charge in [-0.3, -0.25) is 4.79 Å². The number of rotatable bonds is 7. The van der Waals surface area contributed by atoms with E-state index in [0.717, 1.165) is 18.6 Å². The summed E-state index contributed by atoms with van der Waals surface area (Å²) in [6, 6.07) is 8.65. The highest BCUT2D eigenvalue weighted by Crippen LogP contribution is 2.39. The van der Waals surface area contributed by atoms with Crippen LogP contribution < -0.4 is 15.4 Å².